The van der Waals surface area contributed by atoms with Gasteiger partial charge in [-0.3, -0.25) is 14.9 Å². The summed E-state index contributed by atoms with van der Waals surface area (Å²) in [6, 6.07) is 7.70. The second kappa shape index (κ2) is 8.03. The summed E-state index contributed by atoms with van der Waals surface area (Å²) in [5.74, 6) is -1.42. The van der Waals surface area contributed by atoms with Crippen molar-refractivity contribution in [2.45, 2.75) is 39.5 Å². The molecule has 0 atom stereocenters. The number of amides is 2. The molecule has 2 amide bonds. The molecule has 6 nitrogen and oxygen atoms in total. The first-order valence-electron chi connectivity index (χ1n) is 7.54. The quantitative estimate of drug-likeness (QED) is 0.815. The van der Waals surface area contributed by atoms with Crippen molar-refractivity contribution in [2.75, 3.05) is 5.32 Å². The lowest BCUT2D eigenvalue weighted by molar-refractivity contribution is -0.136. The van der Waals surface area contributed by atoms with Crippen LogP contribution in [0.3, 0.4) is 0 Å². The fraction of sp³-hybridized carbons (Fsp3) is 0.353. The van der Waals surface area contributed by atoms with Crippen molar-refractivity contribution in [3.8, 4) is 0 Å². The van der Waals surface area contributed by atoms with E-state index in [1.807, 2.05) is 45.0 Å². The highest BCUT2D eigenvalue weighted by Crippen LogP contribution is 2.13. The Bertz CT molecular complexity index is 693. The molecule has 0 aliphatic carbocycles. The van der Waals surface area contributed by atoms with Crippen LogP contribution in [0.15, 0.2) is 35.8 Å². The smallest absolute Gasteiger partial charge is 0.315 e. The van der Waals surface area contributed by atoms with Crippen molar-refractivity contribution in [3.63, 3.8) is 0 Å². The third kappa shape index (κ3) is 6.10. The summed E-state index contributed by atoms with van der Waals surface area (Å²) < 4.78 is 5.74. The first kappa shape index (κ1) is 18.1. The fourth-order valence-corrected chi connectivity index (χ4v) is 2.35. The van der Waals surface area contributed by atoms with Crippen LogP contribution in [0.5, 0.6) is 0 Å². The number of carbonyl (C=O) groups is 2. The Kier molecular flexibility index (Phi) is 6.05. The van der Waals surface area contributed by atoms with E-state index in [-0.39, 0.29) is 12.1 Å². The second-order valence-electron chi connectivity index (χ2n) is 6.20. The molecule has 0 saturated carbocycles. The molecule has 0 unspecified atom stereocenters. The Morgan fingerprint density at radius 1 is 1.21 bits per heavy atom. The van der Waals surface area contributed by atoms with Crippen LogP contribution in [0, 0.1) is 0 Å². The molecular formula is C17H21N3O3S. The molecule has 1 heterocycles. The van der Waals surface area contributed by atoms with Gasteiger partial charge in [-0.25, -0.2) is 4.98 Å². The number of anilines is 1. The van der Waals surface area contributed by atoms with Crippen LogP contribution in [0.4, 0.5) is 5.13 Å². The number of carbonyl (C=O) groups excluding carboxylic acids is 2. The van der Waals surface area contributed by atoms with E-state index in [1.54, 1.807) is 11.6 Å². The number of benzene rings is 1. The predicted molar refractivity (Wildman–Crippen MR) is 93.6 cm³/mol. The van der Waals surface area contributed by atoms with Gasteiger partial charge in [0.15, 0.2) is 5.13 Å². The first-order valence-corrected chi connectivity index (χ1v) is 8.42. The van der Waals surface area contributed by atoms with Gasteiger partial charge in [-0.1, -0.05) is 24.3 Å². The van der Waals surface area contributed by atoms with Gasteiger partial charge in [0.2, 0.25) is 0 Å². The Labute approximate surface area is 145 Å². The summed E-state index contributed by atoms with van der Waals surface area (Å²) in [4.78, 5) is 27.5. The normalized spacial score (nSPS) is 11.1. The molecule has 0 saturated heterocycles. The number of rotatable bonds is 5. The lowest BCUT2D eigenvalue weighted by Crippen LogP contribution is -2.34. The Morgan fingerprint density at radius 2 is 1.96 bits per heavy atom. The van der Waals surface area contributed by atoms with Gasteiger partial charge in [-0.15, -0.1) is 11.3 Å². The molecule has 0 spiro atoms. The number of thiazole rings is 1. The van der Waals surface area contributed by atoms with E-state index < -0.39 is 11.8 Å². The van der Waals surface area contributed by atoms with Gasteiger partial charge in [0.1, 0.15) is 0 Å². The average molecular weight is 347 g/mol. The molecule has 128 valence electrons. The summed E-state index contributed by atoms with van der Waals surface area (Å²) in [5, 5.41) is 7.16. The zero-order chi connectivity index (χ0) is 17.6. The number of nitrogens with zero attached hydrogens (tertiary/aromatic N) is 1. The molecule has 0 aliphatic rings. The van der Waals surface area contributed by atoms with Crippen LogP contribution < -0.4 is 10.6 Å². The number of aromatic nitrogens is 1. The van der Waals surface area contributed by atoms with Crippen molar-refractivity contribution in [2.24, 2.45) is 0 Å². The maximum atomic E-state index is 11.8. The second-order valence-corrected chi connectivity index (χ2v) is 7.09. The summed E-state index contributed by atoms with van der Waals surface area (Å²) in [6.07, 6.45) is 1.56. The van der Waals surface area contributed by atoms with Crippen LogP contribution in [0.1, 0.15) is 31.9 Å². The van der Waals surface area contributed by atoms with Crippen LogP contribution in [0.2, 0.25) is 0 Å². The highest BCUT2D eigenvalue weighted by atomic mass is 32.1. The van der Waals surface area contributed by atoms with Crippen LogP contribution in [-0.4, -0.2) is 22.4 Å². The van der Waals surface area contributed by atoms with E-state index in [9.17, 15) is 9.59 Å². The topological polar surface area (TPSA) is 80.3 Å². The lowest BCUT2D eigenvalue weighted by Gasteiger charge is -2.19. The lowest BCUT2D eigenvalue weighted by atomic mass is 10.1. The zero-order valence-corrected chi connectivity index (χ0v) is 14.8. The maximum Gasteiger partial charge on any atom is 0.315 e. The van der Waals surface area contributed by atoms with Gasteiger partial charge < -0.3 is 10.1 Å². The minimum atomic E-state index is -0.725. The van der Waals surface area contributed by atoms with Crippen LogP contribution >= 0.6 is 11.3 Å². The van der Waals surface area contributed by atoms with Crippen molar-refractivity contribution in [1.29, 1.82) is 0 Å². The molecule has 0 aliphatic heterocycles. The summed E-state index contributed by atoms with van der Waals surface area (Å²) in [7, 11) is 0. The molecule has 1 aromatic carbocycles. The molecule has 0 radical (unpaired) electrons. The van der Waals surface area contributed by atoms with Crippen molar-refractivity contribution in [1.82, 2.24) is 10.3 Å². The first-order chi connectivity index (χ1) is 11.3. The van der Waals surface area contributed by atoms with E-state index >= 15 is 0 Å². The Balaban J connectivity index is 1.85. The van der Waals surface area contributed by atoms with E-state index in [1.165, 1.54) is 11.3 Å². The van der Waals surface area contributed by atoms with Gasteiger partial charge in [0, 0.05) is 18.1 Å². The van der Waals surface area contributed by atoms with Crippen molar-refractivity contribution < 1.29 is 14.3 Å². The number of nitrogens with one attached hydrogen (secondary N) is 2. The summed E-state index contributed by atoms with van der Waals surface area (Å²) >= 11 is 1.26. The standard InChI is InChI=1S/C17H21N3O3S/c1-17(2,3)23-11-13-6-4-5-12(9-13)10-19-14(21)15(22)20-16-18-7-8-24-16/h4-9H,10-11H2,1-3H3,(H,19,21)(H,18,20,22). The Morgan fingerprint density at radius 3 is 2.62 bits per heavy atom. The van der Waals surface area contributed by atoms with Crippen LogP contribution in [0.25, 0.3) is 0 Å². The molecule has 24 heavy (non-hydrogen) atoms. The number of hydrogen-bond donors (Lipinski definition) is 2. The zero-order valence-electron chi connectivity index (χ0n) is 14.0. The largest absolute Gasteiger partial charge is 0.371 e. The summed E-state index contributed by atoms with van der Waals surface area (Å²) in [5.41, 5.74) is 1.71. The maximum absolute atomic E-state index is 11.8. The minimum absolute atomic E-state index is 0.210. The van der Waals surface area contributed by atoms with Gasteiger partial charge in [-0.2, -0.15) is 0 Å². The minimum Gasteiger partial charge on any atom is -0.371 e. The molecule has 0 fully saturated rings. The van der Waals surface area contributed by atoms with Gasteiger partial charge in [0.05, 0.1) is 12.2 Å². The molecule has 2 aromatic rings. The third-order valence-electron chi connectivity index (χ3n) is 2.98. The highest BCUT2D eigenvalue weighted by Gasteiger charge is 2.14. The SMILES string of the molecule is CC(C)(C)OCc1cccc(CNC(=O)C(=O)Nc2nccs2)c1. The molecule has 2 rings (SSSR count). The summed E-state index contributed by atoms with van der Waals surface area (Å²) in [6.45, 7) is 6.76. The highest BCUT2D eigenvalue weighted by molar-refractivity contribution is 7.13. The third-order valence-corrected chi connectivity index (χ3v) is 3.66. The van der Waals surface area contributed by atoms with Crippen LogP contribution in [-0.2, 0) is 27.5 Å². The van der Waals surface area contributed by atoms with Crippen molar-refractivity contribution in [3.05, 3.63) is 47.0 Å². The monoisotopic (exact) mass is 347 g/mol. The number of hydrogen-bond acceptors (Lipinski definition) is 5. The van der Waals surface area contributed by atoms with E-state index in [2.05, 4.69) is 15.6 Å². The molecule has 2 N–H and O–H groups in total. The number of ether oxygens (including phenoxy) is 1. The molecule has 1 aromatic heterocycles. The van der Waals surface area contributed by atoms with Gasteiger partial charge in [-0.05, 0) is 31.9 Å². The fourth-order valence-electron chi connectivity index (χ4n) is 1.83. The molecule has 0 bridgehead atoms. The van der Waals surface area contributed by atoms with E-state index in [0.717, 1.165) is 11.1 Å². The van der Waals surface area contributed by atoms with Crippen molar-refractivity contribution >= 4 is 28.3 Å². The molecule has 7 heteroatoms. The van der Waals surface area contributed by atoms with E-state index in [0.29, 0.717) is 11.7 Å². The van der Waals surface area contributed by atoms with E-state index in [4.69, 9.17) is 4.74 Å². The van der Waals surface area contributed by atoms with Gasteiger partial charge >= 0.3 is 11.8 Å². The predicted octanol–water partition coefficient (Wildman–Crippen LogP) is 2.71. The van der Waals surface area contributed by atoms with Gasteiger partial charge in [0.25, 0.3) is 0 Å². The average Bonchev–Trinajstić information content (AvgIpc) is 3.03. The Hall–Kier alpha value is -2.25. The molecular weight excluding hydrogens is 326 g/mol.